The second kappa shape index (κ2) is 8.04. The zero-order valence-corrected chi connectivity index (χ0v) is 16.3. The van der Waals surface area contributed by atoms with Crippen LogP contribution in [-0.4, -0.2) is 57.1 Å². The second-order valence-corrected chi connectivity index (χ2v) is 7.47. The van der Waals surface area contributed by atoms with E-state index in [2.05, 4.69) is 10.4 Å². The van der Waals surface area contributed by atoms with Crippen LogP contribution < -0.4 is 5.32 Å². The number of carbonyl (C=O) groups is 2. The average Bonchev–Trinajstić information content (AvgIpc) is 3.41. The Balaban J connectivity index is 1.44. The largest absolute Gasteiger partial charge is 0.374 e. The van der Waals surface area contributed by atoms with Gasteiger partial charge in [0, 0.05) is 25.3 Å². The van der Waals surface area contributed by atoms with Gasteiger partial charge >= 0.3 is 0 Å². The van der Waals surface area contributed by atoms with Crippen LogP contribution in [0.25, 0.3) is 0 Å². The van der Waals surface area contributed by atoms with Crippen molar-refractivity contribution in [1.29, 1.82) is 0 Å². The number of likely N-dealkylation sites (tertiary alicyclic amines) is 1. The number of rotatable bonds is 5. The molecular weight excluding hydrogens is 354 g/mol. The highest BCUT2D eigenvalue weighted by Gasteiger charge is 2.29. The quantitative estimate of drug-likeness (QED) is 0.863. The lowest BCUT2D eigenvalue weighted by atomic mass is 10.1. The van der Waals surface area contributed by atoms with Crippen molar-refractivity contribution in [2.75, 3.05) is 25.0 Å². The number of nitrogens with zero attached hydrogens (tertiary/aromatic N) is 4. The molecule has 7 heteroatoms. The third-order valence-electron chi connectivity index (χ3n) is 5.54. The van der Waals surface area contributed by atoms with Crippen LogP contribution in [0.1, 0.15) is 42.4 Å². The number of hydrogen-bond donors (Lipinski definition) is 1. The lowest BCUT2D eigenvalue weighted by Crippen LogP contribution is -2.46. The summed E-state index contributed by atoms with van der Waals surface area (Å²) in [6, 6.07) is 11.4. The Morgan fingerprint density at radius 3 is 2.54 bits per heavy atom. The molecule has 1 aromatic heterocycles. The van der Waals surface area contributed by atoms with E-state index in [-0.39, 0.29) is 17.9 Å². The molecule has 148 valence electrons. The Morgan fingerprint density at radius 2 is 1.82 bits per heavy atom. The minimum atomic E-state index is -0.262. The van der Waals surface area contributed by atoms with E-state index in [0.29, 0.717) is 31.7 Å². The molecule has 2 aliphatic rings. The molecule has 28 heavy (non-hydrogen) atoms. The summed E-state index contributed by atoms with van der Waals surface area (Å²) in [4.78, 5) is 29.4. The van der Waals surface area contributed by atoms with Gasteiger partial charge in [0.25, 0.3) is 5.91 Å². The van der Waals surface area contributed by atoms with Crippen LogP contribution in [0.3, 0.4) is 0 Å². The molecule has 2 aromatic rings. The first kappa shape index (κ1) is 18.5. The first-order chi connectivity index (χ1) is 13.7. The molecule has 1 atom stereocenters. The van der Waals surface area contributed by atoms with Gasteiger partial charge in [0.2, 0.25) is 5.91 Å². The third-order valence-corrected chi connectivity index (χ3v) is 5.54. The summed E-state index contributed by atoms with van der Waals surface area (Å²) in [6.45, 7) is 5.36. The van der Waals surface area contributed by atoms with Gasteiger partial charge in [-0.3, -0.25) is 14.3 Å². The normalized spacial score (nSPS) is 17.3. The topological polar surface area (TPSA) is 70.5 Å². The first-order valence-corrected chi connectivity index (χ1v) is 10.1. The summed E-state index contributed by atoms with van der Waals surface area (Å²) in [5, 5.41) is 7.83. The Kier molecular flexibility index (Phi) is 5.32. The number of aromatic nitrogens is 2. The van der Waals surface area contributed by atoms with E-state index in [4.69, 9.17) is 0 Å². The number of amides is 2. The number of anilines is 1. The van der Waals surface area contributed by atoms with Gasteiger partial charge in [-0.25, -0.2) is 0 Å². The predicted octanol–water partition coefficient (Wildman–Crippen LogP) is 2.35. The number of hydrogen-bond acceptors (Lipinski definition) is 4. The van der Waals surface area contributed by atoms with Crippen LogP contribution in [0.5, 0.6) is 0 Å². The molecule has 0 unspecified atom stereocenters. The Labute approximate surface area is 165 Å². The van der Waals surface area contributed by atoms with Crippen LogP contribution in [0, 0.1) is 0 Å². The third kappa shape index (κ3) is 3.74. The fraction of sp³-hybridized carbons (Fsp3) is 0.476. The predicted molar refractivity (Wildman–Crippen MR) is 107 cm³/mol. The molecule has 1 saturated heterocycles. The van der Waals surface area contributed by atoms with E-state index >= 15 is 0 Å². The Hall–Kier alpha value is -2.83. The molecule has 1 N–H and O–H groups in total. The van der Waals surface area contributed by atoms with Crippen LogP contribution in [0.15, 0.2) is 36.4 Å². The van der Waals surface area contributed by atoms with Gasteiger partial charge in [0.15, 0.2) is 5.69 Å². The van der Waals surface area contributed by atoms with Crippen molar-refractivity contribution in [3.8, 4) is 0 Å². The Morgan fingerprint density at radius 1 is 1.07 bits per heavy atom. The molecule has 4 rings (SSSR count). The molecule has 1 fully saturated rings. The van der Waals surface area contributed by atoms with Gasteiger partial charge in [-0.05, 0) is 37.5 Å². The van der Waals surface area contributed by atoms with Crippen molar-refractivity contribution < 1.29 is 9.59 Å². The minimum Gasteiger partial charge on any atom is -0.374 e. The number of benzene rings is 1. The average molecular weight is 381 g/mol. The Bertz CT molecular complexity index is 842. The summed E-state index contributed by atoms with van der Waals surface area (Å²) >= 11 is 0. The highest BCUT2D eigenvalue weighted by Crippen LogP contribution is 2.19. The minimum absolute atomic E-state index is 0.00876. The summed E-state index contributed by atoms with van der Waals surface area (Å²) in [5.74, 6) is 0.0979. The monoisotopic (exact) mass is 381 g/mol. The van der Waals surface area contributed by atoms with Crippen molar-refractivity contribution in [2.24, 2.45) is 0 Å². The van der Waals surface area contributed by atoms with E-state index in [1.54, 1.807) is 0 Å². The zero-order valence-electron chi connectivity index (χ0n) is 16.3. The van der Waals surface area contributed by atoms with Gasteiger partial charge < -0.3 is 15.1 Å². The fourth-order valence-corrected chi connectivity index (χ4v) is 3.94. The van der Waals surface area contributed by atoms with Gasteiger partial charge in [0.1, 0.15) is 6.04 Å². The SMILES string of the molecule is CC[C@@H](Nc1ccccc1)C(=O)N1CCn2nc(C(=O)N3CCCC3)cc2C1. The molecule has 0 aliphatic carbocycles. The van der Waals surface area contributed by atoms with Gasteiger partial charge in [-0.15, -0.1) is 0 Å². The van der Waals surface area contributed by atoms with Crippen molar-refractivity contribution in [3.63, 3.8) is 0 Å². The molecule has 0 spiro atoms. The number of nitrogens with one attached hydrogen (secondary N) is 1. The van der Waals surface area contributed by atoms with Crippen LogP contribution in [0.2, 0.25) is 0 Å². The van der Waals surface area contributed by atoms with E-state index in [0.717, 1.165) is 37.3 Å². The maximum absolute atomic E-state index is 13.1. The molecular formula is C21H27N5O2. The maximum Gasteiger partial charge on any atom is 0.274 e. The smallest absolute Gasteiger partial charge is 0.274 e. The lowest BCUT2D eigenvalue weighted by Gasteiger charge is -2.31. The fourth-order valence-electron chi connectivity index (χ4n) is 3.94. The molecule has 7 nitrogen and oxygen atoms in total. The molecule has 0 saturated carbocycles. The number of para-hydroxylation sites is 1. The van der Waals surface area contributed by atoms with Gasteiger partial charge in [-0.2, -0.15) is 5.10 Å². The molecule has 0 bridgehead atoms. The maximum atomic E-state index is 13.1. The lowest BCUT2D eigenvalue weighted by molar-refractivity contribution is -0.133. The van der Waals surface area contributed by atoms with Crippen LogP contribution in [0.4, 0.5) is 5.69 Å². The molecule has 0 radical (unpaired) electrons. The molecule has 2 amide bonds. The van der Waals surface area contributed by atoms with E-state index in [1.807, 2.05) is 57.8 Å². The summed E-state index contributed by atoms with van der Waals surface area (Å²) in [7, 11) is 0. The standard InChI is InChI=1S/C21H27N5O2/c1-2-18(22-16-8-4-3-5-9-16)20(27)25-12-13-26-17(15-25)14-19(23-26)21(28)24-10-6-7-11-24/h3-5,8-9,14,18,22H,2,6-7,10-13,15H2,1H3/t18-/m1/s1. The highest BCUT2D eigenvalue weighted by molar-refractivity contribution is 5.92. The summed E-state index contributed by atoms with van der Waals surface area (Å²) in [6.07, 6.45) is 2.84. The van der Waals surface area contributed by atoms with Crippen molar-refractivity contribution in [1.82, 2.24) is 19.6 Å². The molecule has 2 aliphatic heterocycles. The van der Waals surface area contributed by atoms with Crippen LogP contribution >= 0.6 is 0 Å². The van der Waals surface area contributed by atoms with E-state index in [1.165, 1.54) is 0 Å². The number of fused-ring (bicyclic) bond motifs is 1. The first-order valence-electron chi connectivity index (χ1n) is 10.1. The van der Waals surface area contributed by atoms with E-state index in [9.17, 15) is 9.59 Å². The highest BCUT2D eigenvalue weighted by atomic mass is 16.2. The van der Waals surface area contributed by atoms with Gasteiger partial charge in [-0.1, -0.05) is 25.1 Å². The second-order valence-electron chi connectivity index (χ2n) is 7.47. The van der Waals surface area contributed by atoms with Crippen molar-refractivity contribution in [2.45, 2.75) is 45.3 Å². The van der Waals surface area contributed by atoms with Crippen molar-refractivity contribution >= 4 is 17.5 Å². The van der Waals surface area contributed by atoms with Gasteiger partial charge in [0.05, 0.1) is 18.8 Å². The van der Waals surface area contributed by atoms with E-state index < -0.39 is 0 Å². The summed E-state index contributed by atoms with van der Waals surface area (Å²) < 4.78 is 1.87. The van der Waals surface area contributed by atoms with Crippen LogP contribution in [-0.2, 0) is 17.9 Å². The summed E-state index contributed by atoms with van der Waals surface area (Å²) in [5.41, 5.74) is 2.38. The molecule has 3 heterocycles. The van der Waals surface area contributed by atoms with Crippen molar-refractivity contribution in [3.05, 3.63) is 47.8 Å². The zero-order chi connectivity index (χ0) is 19.5. The molecule has 1 aromatic carbocycles. The number of carbonyl (C=O) groups excluding carboxylic acids is 2.